The number of rotatable bonds is 2. The van der Waals surface area contributed by atoms with Crippen molar-refractivity contribution in [2.45, 2.75) is 12.7 Å². The summed E-state index contributed by atoms with van der Waals surface area (Å²) in [4.78, 5) is 38.1. The molecule has 0 aromatic carbocycles. The van der Waals surface area contributed by atoms with Crippen LogP contribution in [0, 0.1) is 0 Å². The fraction of sp³-hybridized carbons (Fsp3) is 0.273. The van der Waals surface area contributed by atoms with Crippen molar-refractivity contribution in [3.8, 4) is 0 Å². The fourth-order valence-electron chi connectivity index (χ4n) is 1.83. The molecule has 2 rings (SSSR count). The SMILES string of the molecule is Cn1c(=O)n(CC(N)=O)c(=O)c2ccc(C(F)(F)F)nc21. The Morgan fingerprint density at radius 3 is 2.48 bits per heavy atom. The number of pyridine rings is 1. The average molecular weight is 302 g/mol. The van der Waals surface area contributed by atoms with E-state index in [0.717, 1.165) is 17.7 Å². The Morgan fingerprint density at radius 1 is 1.33 bits per heavy atom. The van der Waals surface area contributed by atoms with Gasteiger partial charge in [0, 0.05) is 7.05 Å². The van der Waals surface area contributed by atoms with Crippen LogP contribution in [0.3, 0.4) is 0 Å². The zero-order valence-corrected chi connectivity index (χ0v) is 10.6. The first kappa shape index (κ1) is 14.8. The molecule has 2 heterocycles. The molecule has 0 radical (unpaired) electrons. The second kappa shape index (κ2) is 4.72. The molecule has 7 nitrogen and oxygen atoms in total. The summed E-state index contributed by atoms with van der Waals surface area (Å²) in [7, 11) is 1.15. The molecule has 0 aliphatic rings. The molecule has 0 fully saturated rings. The van der Waals surface area contributed by atoms with E-state index in [9.17, 15) is 27.6 Å². The number of carbonyl (C=O) groups is 1. The predicted octanol–water partition coefficient (Wildman–Crippen LogP) is -0.401. The average Bonchev–Trinajstić information content (AvgIpc) is 2.39. The molecule has 0 spiro atoms. The molecular weight excluding hydrogens is 293 g/mol. The van der Waals surface area contributed by atoms with Crippen molar-refractivity contribution in [1.82, 2.24) is 14.1 Å². The summed E-state index contributed by atoms with van der Waals surface area (Å²) in [6.45, 7) is -0.664. The molecule has 10 heteroatoms. The van der Waals surface area contributed by atoms with Crippen molar-refractivity contribution in [2.75, 3.05) is 0 Å². The second-order valence-electron chi connectivity index (χ2n) is 4.26. The van der Waals surface area contributed by atoms with Gasteiger partial charge in [-0.25, -0.2) is 9.78 Å². The Labute approximate surface area is 114 Å². The zero-order valence-electron chi connectivity index (χ0n) is 10.6. The zero-order chi connectivity index (χ0) is 15.9. The van der Waals surface area contributed by atoms with Gasteiger partial charge in [-0.15, -0.1) is 0 Å². The molecule has 1 amide bonds. The molecule has 2 N–H and O–H groups in total. The van der Waals surface area contributed by atoms with Gasteiger partial charge in [-0.3, -0.25) is 18.7 Å². The number of halogens is 3. The minimum absolute atomic E-state index is 0.216. The van der Waals surface area contributed by atoms with Gasteiger partial charge in [0.1, 0.15) is 17.9 Å². The van der Waals surface area contributed by atoms with Crippen molar-refractivity contribution in [1.29, 1.82) is 0 Å². The highest BCUT2D eigenvalue weighted by molar-refractivity contribution is 5.76. The Morgan fingerprint density at radius 2 is 1.95 bits per heavy atom. The van der Waals surface area contributed by atoms with Crippen molar-refractivity contribution < 1.29 is 18.0 Å². The number of hydrogen-bond acceptors (Lipinski definition) is 4. The molecule has 0 atom stereocenters. The molecule has 0 aliphatic carbocycles. The summed E-state index contributed by atoms with van der Waals surface area (Å²) in [6, 6.07) is 1.53. The van der Waals surface area contributed by atoms with Gasteiger partial charge in [0.05, 0.1) is 5.39 Å². The van der Waals surface area contributed by atoms with Crippen molar-refractivity contribution >= 4 is 16.9 Å². The molecule has 112 valence electrons. The molecule has 0 bridgehead atoms. The van der Waals surface area contributed by atoms with Gasteiger partial charge in [0.25, 0.3) is 5.56 Å². The number of amides is 1. The number of fused-ring (bicyclic) bond motifs is 1. The number of nitrogens with zero attached hydrogens (tertiary/aromatic N) is 3. The van der Waals surface area contributed by atoms with Gasteiger partial charge in [-0.2, -0.15) is 13.2 Å². The van der Waals surface area contributed by atoms with Crippen LogP contribution < -0.4 is 17.0 Å². The first-order chi connectivity index (χ1) is 9.62. The van der Waals surface area contributed by atoms with Gasteiger partial charge in [0.2, 0.25) is 5.91 Å². The van der Waals surface area contributed by atoms with E-state index in [1.54, 1.807) is 0 Å². The van der Waals surface area contributed by atoms with Crippen LogP contribution in [0.4, 0.5) is 13.2 Å². The minimum Gasteiger partial charge on any atom is -0.368 e. The largest absolute Gasteiger partial charge is 0.433 e. The number of aryl methyl sites for hydroxylation is 1. The van der Waals surface area contributed by atoms with Gasteiger partial charge in [-0.05, 0) is 12.1 Å². The minimum atomic E-state index is -4.70. The lowest BCUT2D eigenvalue weighted by molar-refractivity contribution is -0.141. The van der Waals surface area contributed by atoms with Crippen LogP contribution in [0.2, 0.25) is 0 Å². The number of primary amides is 1. The third kappa shape index (κ3) is 2.51. The molecule has 2 aromatic heterocycles. The summed E-state index contributed by atoms with van der Waals surface area (Å²) >= 11 is 0. The first-order valence-electron chi connectivity index (χ1n) is 5.59. The highest BCUT2D eigenvalue weighted by atomic mass is 19.4. The summed E-state index contributed by atoms with van der Waals surface area (Å²) < 4.78 is 39.1. The van der Waals surface area contributed by atoms with Crippen LogP contribution in [0.25, 0.3) is 11.0 Å². The molecule has 0 saturated heterocycles. The number of aromatic nitrogens is 3. The van der Waals surface area contributed by atoms with E-state index in [0.29, 0.717) is 10.6 Å². The monoisotopic (exact) mass is 302 g/mol. The van der Waals surface area contributed by atoms with Crippen LogP contribution in [0.5, 0.6) is 0 Å². The van der Waals surface area contributed by atoms with Crippen LogP contribution in [-0.4, -0.2) is 20.0 Å². The molecule has 0 unspecified atom stereocenters. The lowest BCUT2D eigenvalue weighted by Crippen LogP contribution is -2.42. The van der Waals surface area contributed by atoms with Crippen LogP contribution in [0.1, 0.15) is 5.69 Å². The Balaban J connectivity index is 2.86. The van der Waals surface area contributed by atoms with E-state index in [2.05, 4.69) is 4.98 Å². The second-order valence-corrected chi connectivity index (χ2v) is 4.26. The highest BCUT2D eigenvalue weighted by Gasteiger charge is 2.33. The number of carbonyl (C=O) groups excluding carboxylic acids is 1. The van der Waals surface area contributed by atoms with E-state index in [-0.39, 0.29) is 5.39 Å². The van der Waals surface area contributed by atoms with E-state index in [4.69, 9.17) is 5.73 Å². The van der Waals surface area contributed by atoms with Gasteiger partial charge in [-0.1, -0.05) is 0 Å². The van der Waals surface area contributed by atoms with Crippen LogP contribution in [0.15, 0.2) is 21.7 Å². The Kier molecular flexibility index (Phi) is 3.32. The number of hydrogen-bond donors (Lipinski definition) is 1. The highest BCUT2D eigenvalue weighted by Crippen LogP contribution is 2.28. The normalized spacial score (nSPS) is 11.8. The summed E-state index contributed by atoms with van der Waals surface area (Å²) in [5, 5.41) is -0.216. The quantitative estimate of drug-likeness (QED) is 0.815. The van der Waals surface area contributed by atoms with E-state index in [1.165, 1.54) is 0 Å². The maximum atomic E-state index is 12.6. The van der Waals surface area contributed by atoms with Gasteiger partial charge < -0.3 is 5.73 Å². The third-order valence-corrected chi connectivity index (χ3v) is 2.79. The molecule has 0 saturated carbocycles. The molecule has 21 heavy (non-hydrogen) atoms. The molecule has 2 aromatic rings. The Bertz CT molecular complexity index is 851. The maximum Gasteiger partial charge on any atom is 0.433 e. The topological polar surface area (TPSA) is 100.0 Å². The number of alkyl halides is 3. The van der Waals surface area contributed by atoms with Gasteiger partial charge in [0.15, 0.2) is 0 Å². The van der Waals surface area contributed by atoms with Crippen LogP contribution >= 0.6 is 0 Å². The first-order valence-corrected chi connectivity index (χ1v) is 5.59. The third-order valence-electron chi connectivity index (χ3n) is 2.79. The predicted molar refractivity (Wildman–Crippen MR) is 65.4 cm³/mol. The van der Waals surface area contributed by atoms with Crippen molar-refractivity contribution in [2.24, 2.45) is 12.8 Å². The Hall–Kier alpha value is -2.65. The summed E-state index contributed by atoms with van der Waals surface area (Å²) in [6.07, 6.45) is -4.70. The summed E-state index contributed by atoms with van der Waals surface area (Å²) in [5.74, 6) is -0.923. The lowest BCUT2D eigenvalue weighted by Gasteiger charge is -2.11. The maximum absolute atomic E-state index is 12.6. The molecule has 0 aliphatic heterocycles. The van der Waals surface area contributed by atoms with Crippen molar-refractivity contribution in [3.63, 3.8) is 0 Å². The van der Waals surface area contributed by atoms with Gasteiger partial charge >= 0.3 is 11.9 Å². The summed E-state index contributed by atoms with van der Waals surface area (Å²) in [5.41, 5.74) is 1.39. The van der Waals surface area contributed by atoms with E-state index >= 15 is 0 Å². The van der Waals surface area contributed by atoms with Crippen LogP contribution in [-0.2, 0) is 24.6 Å². The number of nitrogens with two attached hydrogens (primary N) is 1. The smallest absolute Gasteiger partial charge is 0.368 e. The van der Waals surface area contributed by atoms with Crippen molar-refractivity contribution in [3.05, 3.63) is 38.7 Å². The standard InChI is InChI=1S/C11H9F3N4O3/c1-17-8-5(2-3-6(16-8)11(12,13)14)9(20)18(10(17)21)4-7(15)19/h2-3H,4H2,1H3,(H2,15,19). The lowest BCUT2D eigenvalue weighted by atomic mass is 10.2. The fourth-order valence-corrected chi connectivity index (χ4v) is 1.83. The molecular formula is C11H9F3N4O3. The van der Waals surface area contributed by atoms with E-state index in [1.807, 2.05) is 0 Å². The van der Waals surface area contributed by atoms with E-state index < -0.39 is 41.2 Å².